The van der Waals surface area contributed by atoms with Crippen molar-refractivity contribution < 1.29 is 24.6 Å². The second-order valence-electron chi connectivity index (χ2n) is 3.31. The monoisotopic (exact) mass is 288 g/mol. The van der Waals surface area contributed by atoms with Gasteiger partial charge in [0.25, 0.3) is 0 Å². The van der Waals surface area contributed by atoms with Gasteiger partial charge in [-0.2, -0.15) is 0 Å². The Kier molecular flexibility index (Phi) is 3.47. The van der Waals surface area contributed by atoms with Crippen molar-refractivity contribution >= 4 is 0 Å². The number of rotatable bonds is 1. The fourth-order valence-corrected chi connectivity index (χ4v) is 6.58. The van der Waals surface area contributed by atoms with Gasteiger partial charge in [-0.25, -0.2) is 0 Å². The minimum atomic E-state index is -0.290. The first-order chi connectivity index (χ1) is 3.06. The van der Waals surface area contributed by atoms with E-state index in [-0.39, 0.29) is 24.6 Å². The van der Waals surface area contributed by atoms with Crippen molar-refractivity contribution in [3.05, 3.63) is 0 Å². The van der Waals surface area contributed by atoms with E-state index in [4.69, 9.17) is 0 Å². The molecular formula is C6H14Hg. The van der Waals surface area contributed by atoms with Crippen LogP contribution in [-0.4, -0.2) is 0 Å². The van der Waals surface area contributed by atoms with Crippen LogP contribution < -0.4 is 0 Å². The predicted molar refractivity (Wildman–Crippen MR) is 30.1 cm³/mol. The van der Waals surface area contributed by atoms with E-state index in [1.807, 2.05) is 0 Å². The summed E-state index contributed by atoms with van der Waals surface area (Å²) < 4.78 is 4.01. The van der Waals surface area contributed by atoms with Crippen molar-refractivity contribution in [3.8, 4) is 0 Å². The molecule has 0 bridgehead atoms. The van der Waals surface area contributed by atoms with E-state index < -0.39 is 0 Å². The molecular weight excluding hydrogens is 273 g/mol. The van der Waals surface area contributed by atoms with E-state index in [0.717, 1.165) is 0 Å². The Balaban J connectivity index is 3.15. The molecule has 0 nitrogen and oxygen atoms in total. The summed E-state index contributed by atoms with van der Waals surface area (Å²) in [7, 11) is 0. The predicted octanol–water partition coefficient (Wildman–Crippen LogP) is 2.58. The molecule has 0 amide bonds. The van der Waals surface area contributed by atoms with Crippen molar-refractivity contribution in [2.45, 2.75) is 29.1 Å². The molecule has 40 valence electrons. The van der Waals surface area contributed by atoms with Crippen LogP contribution in [0.25, 0.3) is 0 Å². The molecule has 0 radical (unpaired) electrons. The van der Waals surface area contributed by atoms with Gasteiger partial charge in [-0.15, -0.1) is 0 Å². The van der Waals surface area contributed by atoms with Crippen LogP contribution in [0.15, 0.2) is 0 Å². The van der Waals surface area contributed by atoms with E-state index in [9.17, 15) is 0 Å². The molecule has 0 aliphatic heterocycles. The minimum absolute atomic E-state index is 0.290. The fraction of sp³-hybridized carbons (Fsp3) is 1.00. The molecule has 0 saturated carbocycles. The average Bonchev–Trinajstić information content (AvgIpc) is 1.30. The van der Waals surface area contributed by atoms with Crippen LogP contribution in [0.1, 0.15) is 20.8 Å². The first kappa shape index (κ1) is 7.94. The van der Waals surface area contributed by atoms with Crippen LogP contribution in [0, 0.1) is 5.41 Å². The fourth-order valence-electron chi connectivity index (χ4n) is 0.750. The summed E-state index contributed by atoms with van der Waals surface area (Å²) in [5, 5.41) is 0. The van der Waals surface area contributed by atoms with Crippen LogP contribution in [0.3, 0.4) is 0 Å². The van der Waals surface area contributed by atoms with Gasteiger partial charge >= 0.3 is 59.1 Å². The number of hydrogen-bond acceptors (Lipinski definition) is 0. The molecule has 0 aliphatic carbocycles. The third-order valence-corrected chi connectivity index (χ3v) is 8.77. The summed E-state index contributed by atoms with van der Waals surface area (Å²) in [6, 6.07) is 0. The van der Waals surface area contributed by atoms with Gasteiger partial charge in [0, 0.05) is 0 Å². The van der Waals surface area contributed by atoms with Crippen LogP contribution >= 0.6 is 0 Å². The molecule has 0 saturated heterocycles. The molecule has 0 rings (SSSR count). The summed E-state index contributed by atoms with van der Waals surface area (Å²) in [5.74, 6) is 0. The Morgan fingerprint density at radius 2 is 1.71 bits per heavy atom. The van der Waals surface area contributed by atoms with E-state index in [0.29, 0.717) is 5.41 Å². The Hall–Kier alpha value is 0.935. The summed E-state index contributed by atoms with van der Waals surface area (Å²) in [5.41, 5.74) is 0.649. The van der Waals surface area contributed by atoms with Crippen LogP contribution in [0.2, 0.25) is 8.36 Å². The van der Waals surface area contributed by atoms with E-state index >= 15 is 0 Å². The molecule has 0 aromatic rings. The van der Waals surface area contributed by atoms with Gasteiger partial charge in [-0.05, 0) is 0 Å². The van der Waals surface area contributed by atoms with Crippen LogP contribution in [0.5, 0.6) is 0 Å². The van der Waals surface area contributed by atoms with Gasteiger partial charge < -0.3 is 0 Å². The third kappa shape index (κ3) is 6.94. The molecule has 0 aromatic carbocycles. The van der Waals surface area contributed by atoms with Gasteiger partial charge in [0.15, 0.2) is 0 Å². The number of hydrogen-bond donors (Lipinski definition) is 0. The topological polar surface area (TPSA) is 0 Å². The van der Waals surface area contributed by atoms with E-state index in [2.05, 4.69) is 25.2 Å². The van der Waals surface area contributed by atoms with Crippen molar-refractivity contribution in [1.82, 2.24) is 0 Å². The molecule has 1 heteroatoms. The van der Waals surface area contributed by atoms with E-state index in [1.165, 1.54) is 0 Å². The van der Waals surface area contributed by atoms with Crippen molar-refractivity contribution in [2.24, 2.45) is 5.41 Å². The molecule has 0 aromatic heterocycles. The first-order valence-electron chi connectivity index (χ1n) is 3.06. The SMILES string of the molecule is [CH3][Hg][CH2]C(C)(C)C. The third-order valence-electron chi connectivity index (χ3n) is 1.000. The Labute approximate surface area is 59.1 Å². The Morgan fingerprint density at radius 1 is 1.29 bits per heavy atom. The van der Waals surface area contributed by atoms with Crippen molar-refractivity contribution in [1.29, 1.82) is 0 Å². The molecule has 0 fully saturated rings. The van der Waals surface area contributed by atoms with Crippen molar-refractivity contribution in [2.75, 3.05) is 0 Å². The first-order valence-corrected chi connectivity index (χ1v) is 12.4. The van der Waals surface area contributed by atoms with E-state index in [1.54, 1.807) is 3.93 Å². The van der Waals surface area contributed by atoms with Crippen molar-refractivity contribution in [3.63, 3.8) is 0 Å². The summed E-state index contributed by atoms with van der Waals surface area (Å²) >= 11 is -0.290. The molecule has 0 heterocycles. The zero-order valence-electron chi connectivity index (χ0n) is 5.91. The quantitative estimate of drug-likeness (QED) is 0.650. The summed E-state index contributed by atoms with van der Waals surface area (Å²) in [4.78, 5) is 0. The molecule has 7 heavy (non-hydrogen) atoms. The Bertz CT molecular complexity index is 42.6. The second-order valence-corrected chi connectivity index (χ2v) is 9.14. The normalized spacial score (nSPS) is 10.9. The van der Waals surface area contributed by atoms with Crippen LogP contribution in [0.4, 0.5) is 0 Å². The summed E-state index contributed by atoms with van der Waals surface area (Å²) in [6.07, 6.45) is 0. The molecule has 0 unspecified atom stereocenters. The molecule has 0 aliphatic rings. The zero-order valence-corrected chi connectivity index (χ0v) is 11.4. The average molecular weight is 287 g/mol. The zero-order chi connectivity index (χ0) is 5.91. The van der Waals surface area contributed by atoms with Gasteiger partial charge in [0.2, 0.25) is 0 Å². The van der Waals surface area contributed by atoms with Gasteiger partial charge in [0.05, 0.1) is 0 Å². The molecule has 0 spiro atoms. The maximum absolute atomic E-state index is 2.45. The molecule has 0 N–H and O–H groups in total. The maximum atomic E-state index is 2.45. The van der Waals surface area contributed by atoms with Gasteiger partial charge in [-0.3, -0.25) is 0 Å². The van der Waals surface area contributed by atoms with Gasteiger partial charge in [0.1, 0.15) is 0 Å². The Morgan fingerprint density at radius 3 is 1.71 bits per heavy atom. The van der Waals surface area contributed by atoms with Gasteiger partial charge in [-0.1, -0.05) is 0 Å². The van der Waals surface area contributed by atoms with Crippen LogP contribution in [-0.2, 0) is 24.6 Å². The molecule has 0 atom stereocenters. The standard InChI is InChI=1S/C5H11.CH3.Hg/c1-5(2,3)4;;/h1H2,2-4H3;1H3;. The summed E-state index contributed by atoms with van der Waals surface area (Å²) in [6.45, 7) is 6.99. The second kappa shape index (κ2) is 3.06.